The lowest BCUT2D eigenvalue weighted by Gasteiger charge is -2.26. The smallest absolute Gasteiger partial charge is 0.119 e. The first-order chi connectivity index (χ1) is 16.3. The van der Waals surface area contributed by atoms with Crippen LogP contribution in [0.3, 0.4) is 0 Å². The Morgan fingerprint density at radius 3 is 2.09 bits per heavy atom. The Balaban J connectivity index is 1.38. The zero-order chi connectivity index (χ0) is 23.1. The molecule has 0 radical (unpaired) electrons. The Bertz CT molecular complexity index is 829. The number of hydrogen-bond donors (Lipinski definition) is 0. The van der Waals surface area contributed by atoms with E-state index in [0.717, 1.165) is 24.3 Å². The molecule has 1 saturated carbocycles. The van der Waals surface area contributed by atoms with Crippen LogP contribution in [0, 0.1) is 17.8 Å². The van der Waals surface area contributed by atoms with E-state index in [4.69, 9.17) is 4.74 Å². The molecule has 3 rings (SSSR count). The maximum Gasteiger partial charge on any atom is 0.119 e. The van der Waals surface area contributed by atoms with Crippen molar-refractivity contribution in [1.29, 1.82) is 0 Å². The highest BCUT2D eigenvalue weighted by Crippen LogP contribution is 2.36. The van der Waals surface area contributed by atoms with Gasteiger partial charge >= 0.3 is 0 Å². The summed E-state index contributed by atoms with van der Waals surface area (Å²) in [6.45, 7) is 5.36. The second-order valence-corrected chi connectivity index (χ2v) is 9.80. The minimum absolute atomic E-state index is 0.542. The van der Waals surface area contributed by atoms with Crippen molar-refractivity contribution in [2.75, 3.05) is 6.61 Å². The third-order valence-electron chi connectivity index (χ3n) is 7.04. The van der Waals surface area contributed by atoms with E-state index in [-0.39, 0.29) is 0 Å². The molecule has 0 unspecified atom stereocenters. The molecule has 0 N–H and O–H groups in total. The lowest BCUT2D eigenvalue weighted by atomic mass is 9.79. The van der Waals surface area contributed by atoms with E-state index in [9.17, 15) is 0 Å². The summed E-state index contributed by atoms with van der Waals surface area (Å²) in [5, 5.41) is 0. The van der Waals surface area contributed by atoms with E-state index >= 15 is 0 Å². The predicted molar refractivity (Wildman–Crippen MR) is 142 cm³/mol. The van der Waals surface area contributed by atoms with Crippen molar-refractivity contribution in [3.05, 3.63) is 65.2 Å². The topological polar surface area (TPSA) is 9.23 Å². The normalized spacial score (nSPS) is 17.9. The molecular weight excluding hydrogens is 400 g/mol. The van der Waals surface area contributed by atoms with Gasteiger partial charge in [0.1, 0.15) is 5.75 Å². The Morgan fingerprint density at radius 1 is 0.727 bits per heavy atom. The molecule has 0 amide bonds. The zero-order valence-electron chi connectivity index (χ0n) is 21.1. The molecule has 1 fully saturated rings. The molecule has 1 aliphatic rings. The number of unbranched alkanes of at least 4 members (excludes halogenated alkanes) is 6. The maximum absolute atomic E-state index is 5.93. The van der Waals surface area contributed by atoms with Crippen LogP contribution in [0.25, 0.3) is 0 Å². The summed E-state index contributed by atoms with van der Waals surface area (Å²) in [5.41, 5.74) is 4.07. The van der Waals surface area contributed by atoms with Gasteiger partial charge in [-0.1, -0.05) is 88.5 Å². The van der Waals surface area contributed by atoms with Crippen LogP contribution in [0.4, 0.5) is 0 Å². The molecule has 1 heteroatoms. The first-order valence-corrected chi connectivity index (χ1v) is 13.6. The van der Waals surface area contributed by atoms with Crippen LogP contribution in [0.1, 0.15) is 114 Å². The summed E-state index contributed by atoms with van der Waals surface area (Å²) in [5.74, 6) is 9.24. The van der Waals surface area contributed by atoms with Gasteiger partial charge in [-0.3, -0.25) is 0 Å². The van der Waals surface area contributed by atoms with Gasteiger partial charge in [0.15, 0.2) is 0 Å². The van der Waals surface area contributed by atoms with E-state index in [1.54, 1.807) is 0 Å². The molecule has 2 aromatic rings. The van der Waals surface area contributed by atoms with Gasteiger partial charge in [-0.2, -0.15) is 0 Å². The SMILES string of the molecule is CCCCCCCOc1ccc(C2CCC(C#Cc3ccc(CCCCC)cc3)CC2)cc1. The van der Waals surface area contributed by atoms with Crippen molar-refractivity contribution in [1.82, 2.24) is 0 Å². The van der Waals surface area contributed by atoms with Gasteiger partial charge in [0, 0.05) is 11.5 Å². The number of aryl methyl sites for hydroxylation is 1. The van der Waals surface area contributed by atoms with Gasteiger partial charge in [0.2, 0.25) is 0 Å². The minimum Gasteiger partial charge on any atom is -0.494 e. The summed E-state index contributed by atoms with van der Waals surface area (Å²) in [6.07, 6.45) is 16.4. The molecule has 1 aliphatic carbocycles. The third kappa shape index (κ3) is 9.29. The van der Waals surface area contributed by atoms with Crippen LogP contribution >= 0.6 is 0 Å². The second kappa shape index (κ2) is 14.8. The molecule has 0 saturated heterocycles. The first kappa shape index (κ1) is 25.4. The van der Waals surface area contributed by atoms with E-state index in [1.165, 1.54) is 88.2 Å². The van der Waals surface area contributed by atoms with E-state index < -0.39 is 0 Å². The van der Waals surface area contributed by atoms with Crippen LogP contribution in [0.5, 0.6) is 5.75 Å². The van der Waals surface area contributed by atoms with Crippen LogP contribution in [0.2, 0.25) is 0 Å². The zero-order valence-corrected chi connectivity index (χ0v) is 21.1. The Morgan fingerprint density at radius 2 is 1.39 bits per heavy atom. The standard InChI is InChI=1S/C32H44O/c1-3-5-7-8-10-26-33-32-24-22-31(23-25-32)30-20-18-29(19-21-30)17-16-28-14-12-27(13-15-28)11-9-6-4-2/h12-15,22-25,29-30H,3-11,18-21,26H2,1-2H3. The lowest BCUT2D eigenvalue weighted by Crippen LogP contribution is -2.12. The van der Waals surface area contributed by atoms with E-state index in [0.29, 0.717) is 11.8 Å². The number of ether oxygens (including phenoxy) is 1. The predicted octanol–water partition coefficient (Wildman–Crippen LogP) is 9.09. The molecule has 0 atom stereocenters. The van der Waals surface area contributed by atoms with Crippen LogP contribution < -0.4 is 4.74 Å². The highest BCUT2D eigenvalue weighted by Gasteiger charge is 2.21. The molecule has 0 bridgehead atoms. The average molecular weight is 445 g/mol. The Kier molecular flexibility index (Phi) is 11.4. The van der Waals surface area contributed by atoms with Gasteiger partial charge in [0.25, 0.3) is 0 Å². The third-order valence-corrected chi connectivity index (χ3v) is 7.04. The lowest BCUT2D eigenvalue weighted by molar-refractivity contribution is 0.304. The van der Waals surface area contributed by atoms with Crippen molar-refractivity contribution in [3.8, 4) is 17.6 Å². The van der Waals surface area contributed by atoms with Crippen LogP contribution in [-0.4, -0.2) is 6.61 Å². The van der Waals surface area contributed by atoms with Gasteiger partial charge in [0.05, 0.1) is 6.61 Å². The number of benzene rings is 2. The molecular formula is C32H44O. The van der Waals surface area contributed by atoms with Gasteiger partial charge in [-0.05, 0) is 86.3 Å². The quantitative estimate of drug-likeness (QED) is 0.234. The summed E-state index contributed by atoms with van der Waals surface area (Å²) in [7, 11) is 0. The van der Waals surface area contributed by atoms with Crippen molar-refractivity contribution < 1.29 is 4.74 Å². The highest BCUT2D eigenvalue weighted by molar-refractivity contribution is 5.37. The van der Waals surface area contributed by atoms with Crippen molar-refractivity contribution >= 4 is 0 Å². The monoisotopic (exact) mass is 444 g/mol. The van der Waals surface area contributed by atoms with Gasteiger partial charge in [-0.15, -0.1) is 0 Å². The molecule has 178 valence electrons. The van der Waals surface area contributed by atoms with Crippen molar-refractivity contribution in [2.24, 2.45) is 5.92 Å². The minimum atomic E-state index is 0.542. The molecule has 0 spiro atoms. The number of hydrogen-bond acceptors (Lipinski definition) is 1. The van der Waals surface area contributed by atoms with E-state index in [2.05, 4.69) is 74.2 Å². The molecule has 0 aromatic heterocycles. The summed E-state index contributed by atoms with van der Waals surface area (Å²) < 4.78 is 5.93. The first-order valence-electron chi connectivity index (χ1n) is 13.6. The fourth-order valence-corrected chi connectivity index (χ4v) is 4.82. The Labute approximate surface area is 203 Å². The van der Waals surface area contributed by atoms with Gasteiger partial charge < -0.3 is 4.74 Å². The number of rotatable bonds is 12. The summed E-state index contributed by atoms with van der Waals surface area (Å²) in [6, 6.07) is 17.8. The fraction of sp³-hybridized carbons (Fsp3) is 0.562. The van der Waals surface area contributed by atoms with E-state index in [1.807, 2.05) is 0 Å². The largest absolute Gasteiger partial charge is 0.494 e. The molecule has 0 aliphatic heterocycles. The van der Waals surface area contributed by atoms with Crippen LogP contribution in [0.15, 0.2) is 48.5 Å². The molecule has 0 heterocycles. The summed E-state index contributed by atoms with van der Waals surface area (Å²) >= 11 is 0. The average Bonchev–Trinajstić information content (AvgIpc) is 2.86. The molecule has 1 nitrogen and oxygen atoms in total. The Hall–Kier alpha value is -2.20. The van der Waals surface area contributed by atoms with Crippen molar-refractivity contribution in [3.63, 3.8) is 0 Å². The maximum atomic E-state index is 5.93. The molecule has 33 heavy (non-hydrogen) atoms. The fourth-order valence-electron chi connectivity index (χ4n) is 4.82. The highest BCUT2D eigenvalue weighted by atomic mass is 16.5. The second-order valence-electron chi connectivity index (χ2n) is 9.80. The summed E-state index contributed by atoms with van der Waals surface area (Å²) in [4.78, 5) is 0. The van der Waals surface area contributed by atoms with Gasteiger partial charge in [-0.25, -0.2) is 0 Å². The van der Waals surface area contributed by atoms with Crippen LogP contribution in [-0.2, 0) is 6.42 Å². The van der Waals surface area contributed by atoms with Crippen molar-refractivity contribution in [2.45, 2.75) is 103 Å². The molecule has 2 aromatic carbocycles.